The Morgan fingerprint density at radius 2 is 2.17 bits per heavy atom. The van der Waals surface area contributed by atoms with E-state index in [1.54, 1.807) is 0 Å². The molecule has 1 aliphatic rings. The highest BCUT2D eigenvalue weighted by Gasteiger charge is 2.21. The molecule has 2 heterocycles. The minimum absolute atomic E-state index is 0.364. The molecule has 0 amide bonds. The van der Waals surface area contributed by atoms with Gasteiger partial charge in [0.25, 0.3) is 0 Å². The summed E-state index contributed by atoms with van der Waals surface area (Å²) < 4.78 is 3.24. The van der Waals surface area contributed by atoms with Gasteiger partial charge in [-0.3, -0.25) is 0 Å². The third kappa shape index (κ3) is 2.47. The van der Waals surface area contributed by atoms with Crippen molar-refractivity contribution in [3.05, 3.63) is 46.5 Å². The molecule has 0 radical (unpaired) electrons. The number of rotatable bonds is 3. The summed E-state index contributed by atoms with van der Waals surface area (Å²) in [4.78, 5) is 0. The van der Waals surface area contributed by atoms with E-state index >= 15 is 0 Å². The first-order valence-electron chi connectivity index (χ1n) is 6.18. The largest absolute Gasteiger partial charge is 0.312 e. The summed E-state index contributed by atoms with van der Waals surface area (Å²) in [6.07, 6.45) is 4.19. The Balaban J connectivity index is 1.80. The van der Waals surface area contributed by atoms with Gasteiger partial charge in [-0.15, -0.1) is 10.2 Å². The third-order valence-corrected chi connectivity index (χ3v) is 3.81. The molecule has 4 nitrogen and oxygen atoms in total. The smallest absolute Gasteiger partial charge is 0.150 e. The monoisotopic (exact) mass is 306 g/mol. The predicted molar refractivity (Wildman–Crippen MR) is 73.2 cm³/mol. The molecule has 94 valence electrons. The van der Waals surface area contributed by atoms with Crippen molar-refractivity contribution >= 4 is 15.9 Å². The van der Waals surface area contributed by atoms with E-state index in [0.29, 0.717) is 6.04 Å². The lowest BCUT2D eigenvalue weighted by Gasteiger charge is -2.12. The van der Waals surface area contributed by atoms with E-state index in [-0.39, 0.29) is 0 Å². The van der Waals surface area contributed by atoms with Crippen molar-refractivity contribution in [3.63, 3.8) is 0 Å². The summed E-state index contributed by atoms with van der Waals surface area (Å²) in [6, 6.07) is 8.73. The van der Waals surface area contributed by atoms with Crippen LogP contribution in [0.2, 0.25) is 0 Å². The number of hydrogen-bond donors (Lipinski definition) is 1. The van der Waals surface area contributed by atoms with E-state index in [1.807, 2.05) is 6.33 Å². The van der Waals surface area contributed by atoms with Crippen LogP contribution in [0, 0.1) is 0 Å². The molecule has 1 aromatic heterocycles. The zero-order valence-electron chi connectivity index (χ0n) is 10.0. The number of nitrogens with zero attached hydrogens (tertiary/aromatic N) is 3. The van der Waals surface area contributed by atoms with Gasteiger partial charge in [0.05, 0.1) is 12.6 Å². The quantitative estimate of drug-likeness (QED) is 0.947. The third-order valence-electron chi connectivity index (χ3n) is 3.28. The van der Waals surface area contributed by atoms with Crippen molar-refractivity contribution in [1.29, 1.82) is 0 Å². The second kappa shape index (κ2) is 5.20. The van der Waals surface area contributed by atoms with E-state index in [2.05, 4.69) is 60.3 Å². The average molecular weight is 307 g/mol. The van der Waals surface area contributed by atoms with E-state index in [0.717, 1.165) is 29.8 Å². The topological polar surface area (TPSA) is 42.7 Å². The Kier molecular flexibility index (Phi) is 3.43. The number of benzene rings is 1. The number of nitrogens with one attached hydrogen (secondary N) is 1. The van der Waals surface area contributed by atoms with Crippen molar-refractivity contribution in [2.45, 2.75) is 25.4 Å². The second-order valence-electron chi connectivity index (χ2n) is 4.59. The minimum atomic E-state index is 0.364. The lowest BCUT2D eigenvalue weighted by atomic mass is 10.2. The summed E-state index contributed by atoms with van der Waals surface area (Å²) in [6.45, 7) is 1.91. The minimum Gasteiger partial charge on any atom is -0.312 e. The van der Waals surface area contributed by atoms with Crippen LogP contribution in [0.3, 0.4) is 0 Å². The predicted octanol–water partition coefficient (Wildman–Crippen LogP) is 2.51. The molecule has 0 aliphatic carbocycles. The molecule has 5 heteroatoms. The fourth-order valence-electron chi connectivity index (χ4n) is 2.35. The maximum Gasteiger partial charge on any atom is 0.150 e. The molecule has 1 saturated heterocycles. The summed E-state index contributed by atoms with van der Waals surface area (Å²) in [5.41, 5.74) is 1.26. The molecule has 1 unspecified atom stereocenters. The van der Waals surface area contributed by atoms with Gasteiger partial charge in [-0.25, -0.2) is 0 Å². The van der Waals surface area contributed by atoms with Crippen LogP contribution < -0.4 is 5.32 Å². The van der Waals surface area contributed by atoms with Crippen molar-refractivity contribution in [1.82, 2.24) is 20.1 Å². The van der Waals surface area contributed by atoms with Gasteiger partial charge in [-0.1, -0.05) is 28.1 Å². The molecule has 1 atom stereocenters. The highest BCUT2D eigenvalue weighted by Crippen LogP contribution is 2.21. The number of halogens is 1. The number of hydrogen-bond acceptors (Lipinski definition) is 3. The SMILES string of the molecule is Brc1ccc(Cn2cnnc2C2CCCN2)cc1. The fraction of sp³-hybridized carbons (Fsp3) is 0.385. The van der Waals surface area contributed by atoms with E-state index in [4.69, 9.17) is 0 Å². The van der Waals surface area contributed by atoms with Crippen molar-refractivity contribution in [3.8, 4) is 0 Å². The molecule has 1 N–H and O–H groups in total. The van der Waals surface area contributed by atoms with Crippen LogP contribution >= 0.6 is 15.9 Å². The lowest BCUT2D eigenvalue weighted by Crippen LogP contribution is -2.18. The van der Waals surface area contributed by atoms with E-state index in [1.165, 1.54) is 12.0 Å². The van der Waals surface area contributed by atoms with Crippen molar-refractivity contribution < 1.29 is 0 Å². The summed E-state index contributed by atoms with van der Waals surface area (Å²) in [7, 11) is 0. The first-order chi connectivity index (χ1) is 8.83. The van der Waals surface area contributed by atoms with E-state index < -0.39 is 0 Å². The molecule has 18 heavy (non-hydrogen) atoms. The summed E-state index contributed by atoms with van der Waals surface area (Å²) in [5.74, 6) is 1.05. The molecule has 2 aromatic rings. The van der Waals surface area contributed by atoms with Crippen molar-refractivity contribution in [2.24, 2.45) is 0 Å². The molecule has 0 saturated carbocycles. The molecule has 3 rings (SSSR count). The van der Waals surface area contributed by atoms with Crippen LogP contribution in [0.4, 0.5) is 0 Å². The fourth-order valence-corrected chi connectivity index (χ4v) is 2.61. The second-order valence-corrected chi connectivity index (χ2v) is 5.51. The Labute approximate surface area is 115 Å². The van der Waals surface area contributed by atoms with Crippen molar-refractivity contribution in [2.75, 3.05) is 6.54 Å². The zero-order chi connectivity index (χ0) is 12.4. The Hall–Kier alpha value is -1.20. The van der Waals surface area contributed by atoms with Crippen LogP contribution in [0.25, 0.3) is 0 Å². The van der Waals surface area contributed by atoms with Crippen LogP contribution in [-0.2, 0) is 6.54 Å². The normalized spacial score (nSPS) is 19.3. The van der Waals surface area contributed by atoms with Gasteiger partial charge in [0.2, 0.25) is 0 Å². The van der Waals surface area contributed by atoms with Crippen LogP contribution in [0.1, 0.15) is 30.3 Å². The van der Waals surface area contributed by atoms with Gasteiger partial charge >= 0.3 is 0 Å². The van der Waals surface area contributed by atoms with Crippen LogP contribution in [0.15, 0.2) is 35.1 Å². The maximum atomic E-state index is 4.25. The van der Waals surface area contributed by atoms with Gasteiger partial charge in [-0.05, 0) is 37.1 Å². The first kappa shape index (κ1) is 11.9. The van der Waals surface area contributed by atoms with Crippen LogP contribution in [-0.4, -0.2) is 21.3 Å². The molecule has 1 aliphatic heterocycles. The summed E-state index contributed by atoms with van der Waals surface area (Å²) >= 11 is 3.45. The molecule has 1 aromatic carbocycles. The highest BCUT2D eigenvalue weighted by molar-refractivity contribution is 9.10. The van der Waals surface area contributed by atoms with Crippen LogP contribution in [0.5, 0.6) is 0 Å². The van der Waals surface area contributed by atoms with Gasteiger partial charge in [0, 0.05) is 4.47 Å². The molecular formula is C13H15BrN4. The highest BCUT2D eigenvalue weighted by atomic mass is 79.9. The molecule has 0 bridgehead atoms. The number of aromatic nitrogens is 3. The zero-order valence-corrected chi connectivity index (χ0v) is 11.6. The van der Waals surface area contributed by atoms with Gasteiger partial charge in [0.15, 0.2) is 0 Å². The maximum absolute atomic E-state index is 4.25. The lowest BCUT2D eigenvalue weighted by molar-refractivity contribution is 0.564. The molecule has 0 spiro atoms. The van der Waals surface area contributed by atoms with E-state index in [9.17, 15) is 0 Å². The standard InChI is InChI=1S/C13H15BrN4/c14-11-5-3-10(4-6-11)8-18-9-16-17-13(18)12-2-1-7-15-12/h3-6,9,12,15H,1-2,7-8H2. The Morgan fingerprint density at radius 3 is 2.89 bits per heavy atom. The molecule has 1 fully saturated rings. The van der Waals surface area contributed by atoms with Gasteiger partial charge < -0.3 is 9.88 Å². The van der Waals surface area contributed by atoms with Gasteiger partial charge in [-0.2, -0.15) is 0 Å². The Morgan fingerprint density at radius 1 is 1.33 bits per heavy atom. The molecular weight excluding hydrogens is 292 g/mol. The van der Waals surface area contributed by atoms with Gasteiger partial charge in [0.1, 0.15) is 12.2 Å². The Bertz CT molecular complexity index is 514. The first-order valence-corrected chi connectivity index (χ1v) is 6.98. The average Bonchev–Trinajstić information content (AvgIpc) is 3.02. The summed E-state index contributed by atoms with van der Waals surface area (Å²) in [5, 5.41) is 11.8.